The molecule has 146 valence electrons. The molecule has 0 radical (unpaired) electrons. The van der Waals surface area contributed by atoms with Crippen molar-refractivity contribution < 1.29 is 13.2 Å². The number of halogens is 2. The normalized spacial score (nSPS) is 12.1. The lowest BCUT2D eigenvalue weighted by Gasteiger charge is -2.22. The van der Waals surface area contributed by atoms with Gasteiger partial charge in [0.05, 0.1) is 5.02 Å². The summed E-state index contributed by atoms with van der Waals surface area (Å²) < 4.78 is 27.8. The van der Waals surface area contributed by atoms with E-state index in [0.29, 0.717) is 11.6 Å². The summed E-state index contributed by atoms with van der Waals surface area (Å²) in [4.78, 5) is 14.1. The van der Waals surface area contributed by atoms with Crippen molar-refractivity contribution in [2.45, 2.75) is 37.8 Å². The summed E-state index contributed by atoms with van der Waals surface area (Å²) in [7, 11) is -2.24. The van der Waals surface area contributed by atoms with Gasteiger partial charge >= 0.3 is 0 Å². The minimum atomic E-state index is -3.87. The molecule has 0 fully saturated rings. The first kappa shape index (κ1) is 21.7. The largest absolute Gasteiger partial charge is 0.337 e. The quantitative estimate of drug-likeness (QED) is 0.769. The number of hydrogen-bond acceptors (Lipinski definition) is 3. The van der Waals surface area contributed by atoms with E-state index in [-0.39, 0.29) is 21.4 Å². The lowest BCUT2D eigenvalue weighted by atomic mass is 10.1. The van der Waals surface area contributed by atoms with Crippen LogP contribution in [0.15, 0.2) is 47.4 Å². The van der Waals surface area contributed by atoms with Gasteiger partial charge in [0.1, 0.15) is 4.90 Å². The molecule has 0 aliphatic rings. The predicted molar refractivity (Wildman–Crippen MR) is 109 cm³/mol. The van der Waals surface area contributed by atoms with Gasteiger partial charge in [0.15, 0.2) is 0 Å². The second kappa shape index (κ2) is 8.19. The molecule has 0 saturated carbocycles. The zero-order valence-corrected chi connectivity index (χ0v) is 17.9. The van der Waals surface area contributed by atoms with Gasteiger partial charge in [-0.25, -0.2) is 13.1 Å². The van der Waals surface area contributed by atoms with E-state index in [1.54, 1.807) is 33.9 Å². The number of amides is 1. The summed E-state index contributed by atoms with van der Waals surface area (Å²) in [6.07, 6.45) is 0. The van der Waals surface area contributed by atoms with Crippen molar-refractivity contribution in [1.29, 1.82) is 0 Å². The molecule has 8 heteroatoms. The van der Waals surface area contributed by atoms with Crippen molar-refractivity contribution in [3.63, 3.8) is 0 Å². The number of carbonyl (C=O) groups excluding carboxylic acids is 1. The molecule has 0 bridgehead atoms. The van der Waals surface area contributed by atoms with Crippen molar-refractivity contribution in [2.24, 2.45) is 0 Å². The summed E-state index contributed by atoms with van der Waals surface area (Å²) in [5, 5.41) is 0.614. The Morgan fingerprint density at radius 2 is 1.70 bits per heavy atom. The average Bonchev–Trinajstić information content (AvgIpc) is 2.54. The Hall–Kier alpha value is -1.60. The predicted octanol–water partition coefficient (Wildman–Crippen LogP) is 4.34. The van der Waals surface area contributed by atoms with Gasteiger partial charge in [-0.15, -0.1) is 0 Å². The molecule has 2 aromatic carbocycles. The van der Waals surface area contributed by atoms with Crippen LogP contribution in [-0.2, 0) is 16.6 Å². The molecule has 0 aromatic heterocycles. The maximum atomic E-state index is 12.8. The number of nitrogens with one attached hydrogen (secondary N) is 1. The molecule has 2 rings (SSSR count). The first-order chi connectivity index (χ1) is 12.4. The number of sulfonamides is 1. The molecule has 0 atom stereocenters. The smallest absolute Gasteiger partial charge is 0.253 e. The van der Waals surface area contributed by atoms with E-state index >= 15 is 0 Å². The second-order valence-electron chi connectivity index (χ2n) is 7.25. The Morgan fingerprint density at radius 3 is 2.30 bits per heavy atom. The highest BCUT2D eigenvalue weighted by molar-refractivity contribution is 7.89. The van der Waals surface area contributed by atoms with E-state index in [9.17, 15) is 13.2 Å². The molecule has 27 heavy (non-hydrogen) atoms. The summed E-state index contributed by atoms with van der Waals surface area (Å²) >= 11 is 12.2. The highest BCUT2D eigenvalue weighted by Gasteiger charge is 2.26. The van der Waals surface area contributed by atoms with Crippen LogP contribution in [0.3, 0.4) is 0 Å². The Morgan fingerprint density at radius 1 is 1.07 bits per heavy atom. The van der Waals surface area contributed by atoms with Crippen LogP contribution in [0, 0.1) is 0 Å². The number of benzene rings is 2. The minimum Gasteiger partial charge on any atom is -0.337 e. The molecule has 5 nitrogen and oxygen atoms in total. The number of carbonyl (C=O) groups is 1. The van der Waals surface area contributed by atoms with Crippen LogP contribution in [0.1, 0.15) is 36.7 Å². The van der Waals surface area contributed by atoms with Crippen molar-refractivity contribution in [2.75, 3.05) is 7.05 Å². The van der Waals surface area contributed by atoms with Crippen molar-refractivity contribution in [1.82, 2.24) is 9.62 Å². The van der Waals surface area contributed by atoms with Gasteiger partial charge in [0.25, 0.3) is 5.91 Å². The van der Waals surface area contributed by atoms with Gasteiger partial charge in [-0.05, 0) is 50.6 Å². The Bertz CT molecular complexity index is 954. The van der Waals surface area contributed by atoms with E-state index in [4.69, 9.17) is 23.2 Å². The van der Waals surface area contributed by atoms with E-state index in [1.165, 1.54) is 23.1 Å². The Kier molecular flexibility index (Phi) is 6.58. The maximum absolute atomic E-state index is 12.8. The summed E-state index contributed by atoms with van der Waals surface area (Å²) in [5.41, 5.74) is 0.345. The van der Waals surface area contributed by atoms with Crippen LogP contribution in [0.25, 0.3) is 0 Å². The third-order valence-corrected chi connectivity index (χ3v) is 6.23. The third-order valence-electron chi connectivity index (χ3n) is 3.62. The van der Waals surface area contributed by atoms with Crippen molar-refractivity contribution in [3.8, 4) is 0 Å². The van der Waals surface area contributed by atoms with E-state index in [1.807, 2.05) is 18.2 Å². The van der Waals surface area contributed by atoms with Crippen LogP contribution < -0.4 is 4.72 Å². The molecular weight excluding hydrogens is 407 g/mol. The number of rotatable bonds is 5. The lowest BCUT2D eigenvalue weighted by Crippen LogP contribution is -2.40. The lowest BCUT2D eigenvalue weighted by molar-refractivity contribution is 0.0785. The highest BCUT2D eigenvalue weighted by Crippen LogP contribution is 2.25. The van der Waals surface area contributed by atoms with Gasteiger partial charge in [-0.2, -0.15) is 0 Å². The van der Waals surface area contributed by atoms with E-state index < -0.39 is 15.6 Å². The second-order valence-corrected chi connectivity index (χ2v) is 9.72. The maximum Gasteiger partial charge on any atom is 0.253 e. The van der Waals surface area contributed by atoms with Gasteiger partial charge in [-0.1, -0.05) is 41.4 Å². The first-order valence-electron chi connectivity index (χ1n) is 8.23. The fraction of sp³-hybridized carbons (Fsp3) is 0.316. The molecule has 0 saturated heterocycles. The van der Waals surface area contributed by atoms with Gasteiger partial charge in [0.2, 0.25) is 10.0 Å². The molecule has 0 heterocycles. The third kappa shape index (κ3) is 5.69. The summed E-state index contributed by atoms with van der Waals surface area (Å²) in [6, 6.07) is 11.4. The molecule has 1 N–H and O–H groups in total. The summed E-state index contributed by atoms with van der Waals surface area (Å²) in [6.45, 7) is 5.48. The van der Waals surface area contributed by atoms with Crippen LogP contribution >= 0.6 is 23.2 Å². The minimum absolute atomic E-state index is 0.0528. The molecule has 1 amide bonds. The standard InChI is InChI=1S/C19H22Cl2N2O3S/c1-19(2,3)22-27(25,26)17-11-13(9-10-16(17)21)18(24)23(4)12-14-7-5-6-8-15(14)20/h5-11,22H,12H2,1-4H3. The topological polar surface area (TPSA) is 66.5 Å². The van der Waals surface area contributed by atoms with Crippen LogP contribution in [-0.4, -0.2) is 31.8 Å². The van der Waals surface area contributed by atoms with E-state index in [0.717, 1.165) is 5.56 Å². The molecule has 0 unspecified atom stereocenters. The fourth-order valence-electron chi connectivity index (χ4n) is 2.47. The zero-order valence-electron chi connectivity index (χ0n) is 15.6. The monoisotopic (exact) mass is 428 g/mol. The van der Waals surface area contributed by atoms with Crippen molar-refractivity contribution >= 4 is 39.1 Å². The molecular formula is C19H22Cl2N2O3S. The van der Waals surface area contributed by atoms with Gasteiger partial charge in [-0.3, -0.25) is 4.79 Å². The summed E-state index contributed by atoms with van der Waals surface area (Å²) in [5.74, 6) is -0.334. The first-order valence-corrected chi connectivity index (χ1v) is 10.5. The number of hydrogen-bond donors (Lipinski definition) is 1. The van der Waals surface area contributed by atoms with Gasteiger partial charge in [0, 0.05) is 29.7 Å². The molecule has 0 aliphatic carbocycles. The highest BCUT2D eigenvalue weighted by atomic mass is 35.5. The van der Waals surface area contributed by atoms with Gasteiger partial charge < -0.3 is 4.90 Å². The molecule has 2 aromatic rings. The SMILES string of the molecule is CN(Cc1ccccc1Cl)C(=O)c1ccc(Cl)c(S(=O)(=O)NC(C)(C)C)c1. The van der Waals surface area contributed by atoms with E-state index in [2.05, 4.69) is 4.72 Å². The average molecular weight is 429 g/mol. The Labute approximate surface area is 170 Å². The Balaban J connectivity index is 2.31. The number of nitrogens with zero attached hydrogens (tertiary/aromatic N) is 1. The van der Waals surface area contributed by atoms with Crippen LogP contribution in [0.2, 0.25) is 10.0 Å². The van der Waals surface area contributed by atoms with Crippen LogP contribution in [0.5, 0.6) is 0 Å². The molecule has 0 aliphatic heterocycles. The fourth-order valence-corrected chi connectivity index (χ4v) is 4.62. The van der Waals surface area contributed by atoms with Crippen molar-refractivity contribution in [3.05, 3.63) is 63.6 Å². The van der Waals surface area contributed by atoms with Crippen LogP contribution in [0.4, 0.5) is 0 Å². The molecule has 0 spiro atoms. The zero-order chi connectivity index (χ0) is 20.4.